The van der Waals surface area contributed by atoms with Crippen LogP contribution in [0.5, 0.6) is 11.5 Å². The molecule has 18 heavy (non-hydrogen) atoms. The van der Waals surface area contributed by atoms with Gasteiger partial charge in [0.25, 0.3) is 0 Å². The molecule has 0 saturated carbocycles. The van der Waals surface area contributed by atoms with Crippen molar-refractivity contribution in [2.45, 2.75) is 19.9 Å². The molecule has 0 fully saturated rings. The number of ether oxygens (including phenoxy) is 2. The summed E-state index contributed by atoms with van der Waals surface area (Å²) in [7, 11) is 3.27. The van der Waals surface area contributed by atoms with E-state index in [1.54, 1.807) is 26.5 Å². The highest BCUT2D eigenvalue weighted by molar-refractivity contribution is 5.42. The standard InChI is InChI=1S/C13H23N3O2/c1-4-8-16(9-6-14)10-11-13(18-3)12(17-2)5-7-15-11/h5,7H,4,6,8-10,14H2,1-3H3. The summed E-state index contributed by atoms with van der Waals surface area (Å²) in [5.41, 5.74) is 6.51. The highest BCUT2D eigenvalue weighted by atomic mass is 16.5. The Bertz CT molecular complexity index is 352. The van der Waals surface area contributed by atoms with E-state index >= 15 is 0 Å². The van der Waals surface area contributed by atoms with Crippen LogP contribution in [0.4, 0.5) is 0 Å². The van der Waals surface area contributed by atoms with E-state index in [1.165, 1.54) is 0 Å². The Kier molecular flexibility index (Phi) is 6.46. The molecule has 1 aromatic heterocycles. The SMILES string of the molecule is CCCN(CCN)Cc1nccc(OC)c1OC. The van der Waals surface area contributed by atoms with Crippen molar-refractivity contribution in [3.8, 4) is 11.5 Å². The number of hydrogen-bond donors (Lipinski definition) is 1. The lowest BCUT2D eigenvalue weighted by Crippen LogP contribution is -2.30. The third kappa shape index (κ3) is 3.85. The minimum absolute atomic E-state index is 0.645. The van der Waals surface area contributed by atoms with Crippen LogP contribution in [0.15, 0.2) is 12.3 Å². The summed E-state index contributed by atoms with van der Waals surface area (Å²) >= 11 is 0. The number of aromatic nitrogens is 1. The third-order valence-electron chi connectivity index (χ3n) is 2.72. The van der Waals surface area contributed by atoms with Crippen LogP contribution in [-0.4, -0.2) is 43.7 Å². The topological polar surface area (TPSA) is 60.6 Å². The summed E-state index contributed by atoms with van der Waals surface area (Å²) in [6, 6.07) is 1.80. The van der Waals surface area contributed by atoms with Crippen LogP contribution in [0.1, 0.15) is 19.0 Å². The maximum Gasteiger partial charge on any atom is 0.183 e. The molecule has 0 aromatic carbocycles. The summed E-state index contributed by atoms with van der Waals surface area (Å²) < 4.78 is 10.6. The van der Waals surface area contributed by atoms with Crippen molar-refractivity contribution in [3.63, 3.8) is 0 Å². The van der Waals surface area contributed by atoms with E-state index in [1.807, 2.05) is 0 Å². The molecule has 0 aliphatic rings. The number of rotatable bonds is 8. The van der Waals surface area contributed by atoms with Crippen molar-refractivity contribution in [2.75, 3.05) is 33.9 Å². The van der Waals surface area contributed by atoms with Gasteiger partial charge in [0.05, 0.1) is 14.2 Å². The van der Waals surface area contributed by atoms with Gasteiger partial charge in [-0.05, 0) is 13.0 Å². The molecular weight excluding hydrogens is 230 g/mol. The molecule has 0 unspecified atom stereocenters. The van der Waals surface area contributed by atoms with Crippen molar-refractivity contribution in [1.82, 2.24) is 9.88 Å². The van der Waals surface area contributed by atoms with Crippen molar-refractivity contribution < 1.29 is 9.47 Å². The Morgan fingerprint density at radius 1 is 1.28 bits per heavy atom. The minimum Gasteiger partial charge on any atom is -0.493 e. The molecule has 5 nitrogen and oxygen atoms in total. The largest absolute Gasteiger partial charge is 0.493 e. The molecule has 0 amide bonds. The molecule has 2 N–H and O–H groups in total. The van der Waals surface area contributed by atoms with Crippen molar-refractivity contribution >= 4 is 0 Å². The van der Waals surface area contributed by atoms with Crippen molar-refractivity contribution in [2.24, 2.45) is 5.73 Å². The summed E-state index contributed by atoms with van der Waals surface area (Å²) in [6.07, 6.45) is 2.83. The molecule has 1 heterocycles. The zero-order chi connectivity index (χ0) is 13.4. The van der Waals surface area contributed by atoms with Gasteiger partial charge in [0.2, 0.25) is 0 Å². The Labute approximate surface area is 109 Å². The van der Waals surface area contributed by atoms with Gasteiger partial charge in [0.1, 0.15) is 5.69 Å². The predicted molar refractivity (Wildman–Crippen MR) is 72.0 cm³/mol. The fourth-order valence-corrected chi connectivity index (χ4v) is 1.94. The van der Waals surface area contributed by atoms with E-state index in [-0.39, 0.29) is 0 Å². The summed E-state index contributed by atoms with van der Waals surface area (Å²) in [5, 5.41) is 0. The molecule has 0 radical (unpaired) electrons. The lowest BCUT2D eigenvalue weighted by molar-refractivity contribution is 0.262. The van der Waals surface area contributed by atoms with Crippen molar-refractivity contribution in [1.29, 1.82) is 0 Å². The Hall–Kier alpha value is -1.33. The minimum atomic E-state index is 0.645. The van der Waals surface area contributed by atoms with Crippen LogP contribution in [0.3, 0.4) is 0 Å². The summed E-state index contributed by atoms with van der Waals surface area (Å²) in [5.74, 6) is 1.42. The zero-order valence-corrected chi connectivity index (χ0v) is 11.5. The number of hydrogen-bond acceptors (Lipinski definition) is 5. The molecular formula is C13H23N3O2. The van der Waals surface area contributed by atoms with Gasteiger partial charge in [0.15, 0.2) is 11.5 Å². The Balaban J connectivity index is 2.87. The smallest absolute Gasteiger partial charge is 0.183 e. The van der Waals surface area contributed by atoms with Crippen LogP contribution in [-0.2, 0) is 6.54 Å². The lowest BCUT2D eigenvalue weighted by atomic mass is 10.2. The van der Waals surface area contributed by atoms with E-state index in [9.17, 15) is 0 Å². The van der Waals surface area contributed by atoms with Gasteiger partial charge >= 0.3 is 0 Å². The second kappa shape index (κ2) is 7.89. The van der Waals surface area contributed by atoms with Gasteiger partial charge in [0, 0.05) is 31.9 Å². The zero-order valence-electron chi connectivity index (χ0n) is 11.5. The van der Waals surface area contributed by atoms with Gasteiger partial charge in [-0.3, -0.25) is 9.88 Å². The van der Waals surface area contributed by atoms with Crippen LogP contribution in [0.25, 0.3) is 0 Å². The molecule has 5 heteroatoms. The van der Waals surface area contributed by atoms with E-state index < -0.39 is 0 Å². The average Bonchev–Trinajstić information content (AvgIpc) is 2.39. The number of methoxy groups -OCH3 is 2. The highest BCUT2D eigenvalue weighted by Gasteiger charge is 2.14. The van der Waals surface area contributed by atoms with Gasteiger partial charge in [-0.2, -0.15) is 0 Å². The first-order valence-electron chi connectivity index (χ1n) is 6.25. The van der Waals surface area contributed by atoms with Crippen LogP contribution in [0.2, 0.25) is 0 Å². The Morgan fingerprint density at radius 2 is 2.06 bits per heavy atom. The molecule has 1 rings (SSSR count). The summed E-state index contributed by atoms with van der Waals surface area (Å²) in [4.78, 5) is 6.64. The monoisotopic (exact) mass is 253 g/mol. The molecule has 0 spiro atoms. The molecule has 0 aliphatic heterocycles. The van der Waals surface area contributed by atoms with E-state index in [2.05, 4.69) is 16.8 Å². The van der Waals surface area contributed by atoms with E-state index in [0.29, 0.717) is 18.0 Å². The first kappa shape index (κ1) is 14.7. The second-order valence-electron chi connectivity index (χ2n) is 4.06. The molecule has 1 aromatic rings. The predicted octanol–water partition coefficient (Wildman–Crippen LogP) is 1.27. The molecule has 102 valence electrons. The van der Waals surface area contributed by atoms with Gasteiger partial charge in [-0.1, -0.05) is 6.92 Å². The van der Waals surface area contributed by atoms with Crippen LogP contribution >= 0.6 is 0 Å². The number of pyridine rings is 1. The van der Waals surface area contributed by atoms with E-state index in [4.69, 9.17) is 15.2 Å². The highest BCUT2D eigenvalue weighted by Crippen LogP contribution is 2.29. The van der Waals surface area contributed by atoms with Crippen LogP contribution in [0, 0.1) is 0 Å². The van der Waals surface area contributed by atoms with Gasteiger partial charge in [-0.25, -0.2) is 0 Å². The third-order valence-corrected chi connectivity index (χ3v) is 2.72. The fourth-order valence-electron chi connectivity index (χ4n) is 1.94. The number of nitrogens with two attached hydrogens (primary N) is 1. The summed E-state index contributed by atoms with van der Waals surface area (Å²) in [6.45, 7) is 5.38. The second-order valence-corrected chi connectivity index (χ2v) is 4.06. The van der Waals surface area contributed by atoms with E-state index in [0.717, 1.165) is 31.7 Å². The maximum atomic E-state index is 5.62. The molecule has 0 saturated heterocycles. The lowest BCUT2D eigenvalue weighted by Gasteiger charge is -2.21. The molecule has 0 atom stereocenters. The average molecular weight is 253 g/mol. The quantitative estimate of drug-likeness (QED) is 0.756. The van der Waals surface area contributed by atoms with Gasteiger partial charge < -0.3 is 15.2 Å². The van der Waals surface area contributed by atoms with Gasteiger partial charge in [-0.15, -0.1) is 0 Å². The van der Waals surface area contributed by atoms with Crippen LogP contribution < -0.4 is 15.2 Å². The molecule has 0 aliphatic carbocycles. The van der Waals surface area contributed by atoms with Crippen molar-refractivity contribution in [3.05, 3.63) is 18.0 Å². The fraction of sp³-hybridized carbons (Fsp3) is 0.615. The Morgan fingerprint density at radius 3 is 2.61 bits per heavy atom. The maximum absolute atomic E-state index is 5.62. The molecule has 0 bridgehead atoms. The first-order valence-corrected chi connectivity index (χ1v) is 6.25. The first-order chi connectivity index (χ1) is 8.76. The normalized spacial score (nSPS) is 10.7. The number of nitrogens with zero attached hydrogens (tertiary/aromatic N) is 2.